The molecule has 0 unspecified atom stereocenters. The van der Waals surface area contributed by atoms with Gasteiger partial charge in [0.1, 0.15) is 0 Å². The third-order valence-corrected chi connectivity index (χ3v) is 4.73. The van der Waals surface area contributed by atoms with Gasteiger partial charge in [0.2, 0.25) is 0 Å². The number of ketones is 1. The van der Waals surface area contributed by atoms with E-state index in [2.05, 4.69) is 0 Å². The predicted molar refractivity (Wildman–Crippen MR) is 81.2 cm³/mol. The van der Waals surface area contributed by atoms with Gasteiger partial charge in [-0.25, -0.2) is 0 Å². The summed E-state index contributed by atoms with van der Waals surface area (Å²) in [5.74, 6) is -49.6. The van der Waals surface area contributed by atoms with Gasteiger partial charge in [0.05, 0.1) is 15.6 Å². The highest BCUT2D eigenvalue weighted by molar-refractivity contribution is 6.36. The quantitative estimate of drug-likeness (QED) is 0.245. The van der Waals surface area contributed by atoms with Crippen LogP contribution in [0.3, 0.4) is 0 Å². The van der Waals surface area contributed by atoms with E-state index < -0.39 is 68.7 Å². The molecule has 18 heteroatoms. The number of rotatable bonds is 7. The van der Waals surface area contributed by atoms with Gasteiger partial charge in [-0.05, 0) is 19.1 Å². The molecule has 0 aliphatic carbocycles. The smallest absolute Gasteiger partial charge is 0.294 e. The molecule has 1 aromatic rings. The molecule has 0 amide bonds. The Kier molecular flexibility index (Phi) is 7.13. The molecule has 33 heavy (non-hydrogen) atoms. The van der Waals surface area contributed by atoms with Crippen molar-refractivity contribution >= 4 is 29.0 Å². The first-order valence-electron chi connectivity index (χ1n) is 7.58. The number of carbonyl (C=O) groups excluding carboxylic acids is 1. The number of carbonyl (C=O) groups is 1. The van der Waals surface area contributed by atoms with Crippen LogP contribution in [0.15, 0.2) is 12.1 Å². The van der Waals surface area contributed by atoms with Gasteiger partial charge in [-0.1, -0.05) is 23.2 Å². The fourth-order valence-corrected chi connectivity index (χ4v) is 2.89. The van der Waals surface area contributed by atoms with Gasteiger partial charge in [-0.3, -0.25) is 4.79 Å². The summed E-state index contributed by atoms with van der Waals surface area (Å²) in [7, 11) is 0. The summed E-state index contributed by atoms with van der Waals surface area (Å²) >= 11 is 10.5. The van der Waals surface area contributed by atoms with E-state index in [1.807, 2.05) is 0 Å². The van der Waals surface area contributed by atoms with Crippen LogP contribution in [-0.2, 0) is 5.92 Å². The van der Waals surface area contributed by atoms with Gasteiger partial charge in [-0.15, -0.1) is 0 Å². The maximum atomic E-state index is 14.4. The Morgan fingerprint density at radius 1 is 0.606 bits per heavy atom. The normalized spacial score (nSPS) is 15.1. The molecule has 0 fully saturated rings. The first kappa shape index (κ1) is 29.5. The average molecular weight is 557 g/mol. The van der Waals surface area contributed by atoms with Crippen molar-refractivity contribution < 1.29 is 70.7 Å². The number of hydrogen-bond acceptors (Lipinski definition) is 1. The fraction of sp³-hybridized carbons (Fsp3) is 0.533. The Labute approximate surface area is 182 Å². The van der Waals surface area contributed by atoms with Gasteiger partial charge in [-0.2, -0.15) is 65.9 Å². The molecular weight excluding hydrogens is 552 g/mol. The molecule has 0 saturated heterocycles. The second-order valence-corrected chi connectivity index (χ2v) is 7.09. The molecule has 1 nitrogen and oxygen atoms in total. The van der Waals surface area contributed by atoms with Crippen LogP contribution in [0, 0.1) is 0 Å². The molecule has 0 radical (unpaired) electrons. The monoisotopic (exact) mass is 556 g/mol. The molecule has 0 aliphatic rings. The van der Waals surface area contributed by atoms with Crippen LogP contribution in [0.4, 0.5) is 65.9 Å². The van der Waals surface area contributed by atoms with E-state index in [1.165, 1.54) is 0 Å². The third-order valence-electron chi connectivity index (χ3n) is 4.10. The van der Waals surface area contributed by atoms with Gasteiger partial charge >= 0.3 is 41.7 Å². The molecule has 0 bridgehead atoms. The van der Waals surface area contributed by atoms with Crippen molar-refractivity contribution in [3.05, 3.63) is 33.3 Å². The Morgan fingerprint density at radius 2 is 0.939 bits per heavy atom. The summed E-state index contributed by atoms with van der Waals surface area (Å²) in [4.78, 5) is 11.5. The van der Waals surface area contributed by atoms with Crippen molar-refractivity contribution in [2.24, 2.45) is 0 Å². The lowest BCUT2D eigenvalue weighted by Crippen LogP contribution is -2.72. The van der Waals surface area contributed by atoms with E-state index in [4.69, 9.17) is 23.2 Å². The lowest BCUT2D eigenvalue weighted by Gasteiger charge is -2.41. The van der Waals surface area contributed by atoms with E-state index >= 15 is 0 Å². The molecule has 1 rings (SSSR count). The highest BCUT2D eigenvalue weighted by atomic mass is 35.5. The third kappa shape index (κ3) is 3.90. The first-order chi connectivity index (χ1) is 14.2. The molecule has 0 saturated carbocycles. The lowest BCUT2D eigenvalue weighted by molar-refractivity contribution is -0.453. The Balaban J connectivity index is 3.91. The van der Waals surface area contributed by atoms with Gasteiger partial charge < -0.3 is 0 Å². The van der Waals surface area contributed by atoms with Crippen LogP contribution in [0.5, 0.6) is 0 Å². The number of Topliss-reactive ketones (excluding diaryl/α,β-unsaturated/α-hetero) is 1. The van der Waals surface area contributed by atoms with Crippen LogP contribution in [0.1, 0.15) is 22.8 Å². The molecule has 0 N–H and O–H groups in total. The summed E-state index contributed by atoms with van der Waals surface area (Å²) in [6.07, 6.45) is -7.70. The van der Waals surface area contributed by atoms with Gasteiger partial charge in [0.25, 0.3) is 0 Å². The first-order valence-corrected chi connectivity index (χ1v) is 8.33. The molecule has 0 atom stereocenters. The maximum Gasteiger partial charge on any atom is 0.460 e. The number of hydrogen-bond donors (Lipinski definition) is 0. The summed E-state index contributed by atoms with van der Waals surface area (Å²) in [5.41, 5.74) is -4.48. The SMILES string of the molecule is CC(=O)c1c(Cl)ccc(Cl)c1C(F)(F)C(F)(F)C(F)(F)C(F)(F)C(F)(F)C(F)(F)C(F)(F)F. The fourth-order valence-electron chi connectivity index (χ4n) is 2.33. The zero-order valence-corrected chi connectivity index (χ0v) is 16.5. The highest BCUT2D eigenvalue weighted by Crippen LogP contribution is 2.64. The minimum atomic E-state index is -8.45. The Bertz CT molecular complexity index is 936. The summed E-state index contributed by atoms with van der Waals surface area (Å²) in [6.45, 7) is 0.319. The summed E-state index contributed by atoms with van der Waals surface area (Å²) < 4.78 is 200. The molecule has 0 heterocycles. The summed E-state index contributed by atoms with van der Waals surface area (Å²) in [5, 5.41) is -2.91. The van der Waals surface area contributed by atoms with Crippen molar-refractivity contribution in [1.82, 2.24) is 0 Å². The number of alkyl halides is 15. The lowest BCUT2D eigenvalue weighted by atomic mass is 9.86. The molecular formula is C15H5Cl2F15O. The largest absolute Gasteiger partial charge is 0.460 e. The summed E-state index contributed by atoms with van der Waals surface area (Å²) in [6, 6.07) is 0.640. The maximum absolute atomic E-state index is 14.4. The minimum Gasteiger partial charge on any atom is -0.294 e. The van der Waals surface area contributed by atoms with Crippen molar-refractivity contribution in [2.45, 2.75) is 48.6 Å². The number of benzene rings is 1. The van der Waals surface area contributed by atoms with E-state index in [0.29, 0.717) is 13.0 Å². The van der Waals surface area contributed by atoms with E-state index in [9.17, 15) is 70.7 Å². The topological polar surface area (TPSA) is 17.1 Å². The Morgan fingerprint density at radius 3 is 1.30 bits per heavy atom. The molecule has 0 aromatic heterocycles. The van der Waals surface area contributed by atoms with E-state index in [-0.39, 0.29) is 6.07 Å². The Hall–Kier alpha value is -1.58. The van der Waals surface area contributed by atoms with Crippen molar-refractivity contribution in [1.29, 1.82) is 0 Å². The molecule has 190 valence electrons. The second-order valence-electron chi connectivity index (χ2n) is 6.28. The predicted octanol–water partition coefficient (Wildman–Crippen LogP) is 8.03. The van der Waals surface area contributed by atoms with Crippen molar-refractivity contribution in [3.8, 4) is 0 Å². The molecule has 0 aliphatic heterocycles. The van der Waals surface area contributed by atoms with Crippen LogP contribution in [0.2, 0.25) is 10.0 Å². The van der Waals surface area contributed by atoms with Gasteiger partial charge in [0.15, 0.2) is 5.78 Å². The van der Waals surface area contributed by atoms with Crippen LogP contribution in [0.25, 0.3) is 0 Å². The second kappa shape index (κ2) is 7.99. The molecule has 1 aromatic carbocycles. The van der Waals surface area contributed by atoms with E-state index in [1.54, 1.807) is 0 Å². The van der Waals surface area contributed by atoms with Crippen molar-refractivity contribution in [3.63, 3.8) is 0 Å². The van der Waals surface area contributed by atoms with Crippen LogP contribution < -0.4 is 0 Å². The minimum absolute atomic E-state index is 0.165. The average Bonchev–Trinajstić information content (AvgIpc) is 2.60. The standard InChI is InChI=1S/C15H5Cl2F15O/c1-4(33)7-5(16)2-3-6(17)8(7)9(18,19)10(20,21)11(22,23)12(24,25)13(26,27)14(28,29)15(30,31)32/h2-3H,1H3. The molecule has 0 spiro atoms. The van der Waals surface area contributed by atoms with Crippen LogP contribution in [-0.4, -0.2) is 41.6 Å². The highest BCUT2D eigenvalue weighted by Gasteiger charge is 2.93. The van der Waals surface area contributed by atoms with Crippen molar-refractivity contribution in [2.75, 3.05) is 0 Å². The zero-order chi connectivity index (χ0) is 26.8. The van der Waals surface area contributed by atoms with Gasteiger partial charge in [0, 0.05) is 5.56 Å². The van der Waals surface area contributed by atoms with Crippen LogP contribution >= 0.6 is 23.2 Å². The number of halogens is 17. The van der Waals surface area contributed by atoms with E-state index in [0.717, 1.165) is 0 Å². The zero-order valence-electron chi connectivity index (χ0n) is 15.0.